The molecule has 0 aliphatic heterocycles. The zero-order chi connectivity index (χ0) is 17.8. The fourth-order valence-electron chi connectivity index (χ4n) is 2.44. The minimum atomic E-state index is -0.434. The highest BCUT2D eigenvalue weighted by atomic mass is 32.1. The van der Waals surface area contributed by atoms with Crippen LogP contribution in [0.25, 0.3) is 11.1 Å². The number of fused-ring (bicyclic) bond motifs is 1. The Morgan fingerprint density at radius 3 is 2.84 bits per heavy atom. The van der Waals surface area contributed by atoms with Crippen molar-refractivity contribution in [2.24, 2.45) is 0 Å². The number of methoxy groups -OCH3 is 1. The van der Waals surface area contributed by atoms with E-state index in [0.29, 0.717) is 33.9 Å². The van der Waals surface area contributed by atoms with Crippen LogP contribution in [0.4, 0.5) is 5.00 Å². The van der Waals surface area contributed by atoms with Crippen LogP contribution in [0, 0.1) is 0 Å². The highest BCUT2D eigenvalue weighted by Gasteiger charge is 2.12. The number of aryl methyl sites for hydroxylation is 1. The van der Waals surface area contributed by atoms with Gasteiger partial charge in [-0.25, -0.2) is 9.59 Å². The molecule has 0 aliphatic rings. The molecule has 0 fully saturated rings. The molecular formula is C17H16N2O5S. The first-order chi connectivity index (χ1) is 12.1. The summed E-state index contributed by atoms with van der Waals surface area (Å²) in [5, 5.41) is 3.31. The second-order valence-corrected chi connectivity index (χ2v) is 6.38. The van der Waals surface area contributed by atoms with Gasteiger partial charge in [0.2, 0.25) is 5.91 Å². The van der Waals surface area contributed by atoms with Crippen LogP contribution in [-0.4, -0.2) is 23.6 Å². The summed E-state index contributed by atoms with van der Waals surface area (Å²) in [6.07, 6.45) is 0.738. The monoisotopic (exact) mass is 360 g/mol. The number of hydrogen-bond acceptors (Lipinski definition) is 6. The number of benzene rings is 1. The first-order valence-corrected chi connectivity index (χ1v) is 8.46. The summed E-state index contributed by atoms with van der Waals surface area (Å²) in [5.41, 5.74) is 1.25. The van der Waals surface area contributed by atoms with Gasteiger partial charge in [-0.2, -0.15) is 0 Å². The van der Waals surface area contributed by atoms with E-state index in [9.17, 15) is 14.4 Å². The van der Waals surface area contributed by atoms with Crippen LogP contribution in [0.5, 0.6) is 0 Å². The summed E-state index contributed by atoms with van der Waals surface area (Å²) in [6.45, 7) is 0.390. The molecule has 1 aromatic carbocycles. The lowest BCUT2D eigenvalue weighted by atomic mass is 10.2. The van der Waals surface area contributed by atoms with Gasteiger partial charge in [-0.15, -0.1) is 11.3 Å². The number of esters is 1. The van der Waals surface area contributed by atoms with Gasteiger partial charge in [-0.1, -0.05) is 12.1 Å². The molecule has 0 radical (unpaired) electrons. The van der Waals surface area contributed by atoms with Crippen LogP contribution in [0.3, 0.4) is 0 Å². The number of ether oxygens (including phenoxy) is 1. The summed E-state index contributed by atoms with van der Waals surface area (Å²) in [6, 6.07) is 10.4. The highest BCUT2D eigenvalue weighted by Crippen LogP contribution is 2.22. The Morgan fingerprint density at radius 1 is 1.24 bits per heavy atom. The molecule has 3 rings (SSSR count). The van der Waals surface area contributed by atoms with E-state index in [0.717, 1.165) is 11.3 Å². The predicted octanol–water partition coefficient (Wildman–Crippen LogP) is 2.86. The van der Waals surface area contributed by atoms with Crippen molar-refractivity contribution in [2.45, 2.75) is 19.4 Å². The van der Waals surface area contributed by atoms with E-state index in [-0.39, 0.29) is 12.3 Å². The maximum atomic E-state index is 12.0. The van der Waals surface area contributed by atoms with E-state index < -0.39 is 11.7 Å². The molecule has 2 aromatic heterocycles. The number of nitrogens with zero attached hydrogens (tertiary/aromatic N) is 1. The first-order valence-electron chi connectivity index (χ1n) is 7.65. The molecule has 0 saturated carbocycles. The second-order valence-electron chi connectivity index (χ2n) is 5.29. The molecular weight excluding hydrogens is 344 g/mol. The highest BCUT2D eigenvalue weighted by molar-refractivity contribution is 7.18. The first kappa shape index (κ1) is 17.0. The van der Waals surface area contributed by atoms with Crippen molar-refractivity contribution in [1.82, 2.24) is 4.57 Å². The van der Waals surface area contributed by atoms with Crippen molar-refractivity contribution in [1.29, 1.82) is 0 Å². The molecule has 3 aromatic rings. The average Bonchev–Trinajstić information content (AvgIpc) is 3.19. The van der Waals surface area contributed by atoms with Crippen LogP contribution < -0.4 is 11.1 Å². The molecule has 1 N–H and O–H groups in total. The fourth-order valence-corrected chi connectivity index (χ4v) is 3.28. The molecule has 7 nitrogen and oxygen atoms in total. The number of carbonyl (C=O) groups excluding carboxylic acids is 2. The Hall–Kier alpha value is -2.87. The standard InChI is InChI=1S/C17H16N2O5S/c1-23-16(21)13-8-9-15(25-13)18-14(20)7-4-10-19-11-5-2-3-6-12(11)24-17(19)22/h2-3,5-6,8-9H,4,7,10H2,1H3,(H,18,20). The summed E-state index contributed by atoms with van der Waals surface area (Å²) in [5.74, 6) is -1.04. The Labute approximate surface area is 146 Å². The molecule has 0 aliphatic carbocycles. The number of nitrogens with one attached hydrogen (secondary N) is 1. The van der Waals surface area contributed by atoms with Gasteiger partial charge in [0.15, 0.2) is 5.58 Å². The third kappa shape index (κ3) is 3.80. The van der Waals surface area contributed by atoms with Crippen molar-refractivity contribution in [3.8, 4) is 0 Å². The number of hydrogen-bond donors (Lipinski definition) is 1. The van der Waals surface area contributed by atoms with Crippen LogP contribution in [0.2, 0.25) is 0 Å². The maximum absolute atomic E-state index is 12.0. The number of thiophene rings is 1. The maximum Gasteiger partial charge on any atom is 0.419 e. The number of oxazole rings is 1. The lowest BCUT2D eigenvalue weighted by molar-refractivity contribution is -0.116. The van der Waals surface area contributed by atoms with Gasteiger partial charge in [0.1, 0.15) is 4.88 Å². The van der Waals surface area contributed by atoms with Gasteiger partial charge in [0, 0.05) is 13.0 Å². The Balaban J connectivity index is 1.56. The van der Waals surface area contributed by atoms with Crippen LogP contribution in [-0.2, 0) is 16.1 Å². The van der Waals surface area contributed by atoms with E-state index in [1.165, 1.54) is 11.7 Å². The van der Waals surface area contributed by atoms with Gasteiger partial charge >= 0.3 is 11.7 Å². The Bertz CT molecular complexity index is 969. The lowest BCUT2D eigenvalue weighted by Gasteiger charge is -2.03. The largest absolute Gasteiger partial charge is 0.465 e. The van der Waals surface area contributed by atoms with Gasteiger partial charge < -0.3 is 14.5 Å². The number of carbonyl (C=O) groups is 2. The minimum absolute atomic E-state index is 0.181. The van der Waals surface area contributed by atoms with Crippen LogP contribution in [0.1, 0.15) is 22.5 Å². The quantitative estimate of drug-likeness (QED) is 0.683. The molecule has 0 unspecified atom stereocenters. The Kier molecular flexibility index (Phi) is 4.99. The zero-order valence-electron chi connectivity index (χ0n) is 13.5. The molecule has 2 heterocycles. The van der Waals surface area contributed by atoms with Crippen molar-refractivity contribution >= 4 is 39.3 Å². The summed E-state index contributed by atoms with van der Waals surface area (Å²) < 4.78 is 11.3. The van der Waals surface area contributed by atoms with Crippen molar-refractivity contribution in [2.75, 3.05) is 12.4 Å². The molecule has 25 heavy (non-hydrogen) atoms. The van der Waals surface area contributed by atoms with Gasteiger partial charge in [0.05, 0.1) is 17.6 Å². The van der Waals surface area contributed by atoms with Gasteiger partial charge in [0.25, 0.3) is 0 Å². The third-order valence-electron chi connectivity index (χ3n) is 3.61. The van der Waals surface area contributed by atoms with Crippen LogP contribution >= 0.6 is 11.3 Å². The minimum Gasteiger partial charge on any atom is -0.465 e. The number of aromatic nitrogens is 1. The van der Waals surface area contributed by atoms with Crippen molar-refractivity contribution in [3.05, 3.63) is 51.8 Å². The Morgan fingerprint density at radius 2 is 2.04 bits per heavy atom. The molecule has 0 atom stereocenters. The zero-order valence-corrected chi connectivity index (χ0v) is 14.3. The summed E-state index contributed by atoms with van der Waals surface area (Å²) >= 11 is 1.15. The van der Waals surface area contributed by atoms with Crippen molar-refractivity contribution in [3.63, 3.8) is 0 Å². The molecule has 1 amide bonds. The smallest absolute Gasteiger partial charge is 0.419 e. The summed E-state index contributed by atoms with van der Waals surface area (Å²) in [4.78, 5) is 35.7. The van der Waals surface area contributed by atoms with Crippen LogP contribution in [0.15, 0.2) is 45.6 Å². The molecule has 0 saturated heterocycles. The molecule has 0 bridgehead atoms. The van der Waals surface area contributed by atoms with Gasteiger partial charge in [-0.3, -0.25) is 9.36 Å². The lowest BCUT2D eigenvalue weighted by Crippen LogP contribution is -2.16. The molecule has 130 valence electrons. The number of amides is 1. The number of anilines is 1. The van der Waals surface area contributed by atoms with E-state index in [4.69, 9.17) is 4.42 Å². The number of para-hydroxylation sites is 2. The third-order valence-corrected chi connectivity index (χ3v) is 4.60. The van der Waals surface area contributed by atoms with E-state index in [1.54, 1.807) is 30.3 Å². The average molecular weight is 360 g/mol. The van der Waals surface area contributed by atoms with Crippen molar-refractivity contribution < 1.29 is 18.7 Å². The van der Waals surface area contributed by atoms with E-state index >= 15 is 0 Å². The molecule has 8 heteroatoms. The SMILES string of the molecule is COC(=O)c1ccc(NC(=O)CCCn2c(=O)oc3ccccc32)s1. The van der Waals surface area contributed by atoms with Gasteiger partial charge in [-0.05, 0) is 30.7 Å². The van der Waals surface area contributed by atoms with E-state index in [2.05, 4.69) is 10.1 Å². The van der Waals surface area contributed by atoms with E-state index in [1.807, 2.05) is 6.07 Å². The second kappa shape index (κ2) is 7.35. The summed E-state index contributed by atoms with van der Waals surface area (Å²) in [7, 11) is 1.31. The predicted molar refractivity (Wildman–Crippen MR) is 94.0 cm³/mol. The number of rotatable bonds is 6. The topological polar surface area (TPSA) is 90.5 Å². The normalized spacial score (nSPS) is 10.8. The molecule has 0 spiro atoms. The fraction of sp³-hybridized carbons (Fsp3) is 0.235.